The molecule has 7 nitrogen and oxygen atoms in total. The molecule has 2 aliphatic rings. The fraction of sp³-hybridized carbons (Fsp3) is 0.556. The van der Waals surface area contributed by atoms with E-state index in [0.29, 0.717) is 19.7 Å². The van der Waals surface area contributed by atoms with E-state index in [9.17, 15) is 4.79 Å². The average molecular weight is 345 g/mol. The van der Waals surface area contributed by atoms with Gasteiger partial charge in [-0.15, -0.1) is 0 Å². The van der Waals surface area contributed by atoms with Crippen LogP contribution in [-0.4, -0.2) is 52.2 Å². The van der Waals surface area contributed by atoms with Crippen LogP contribution in [-0.2, 0) is 4.74 Å². The number of nitrogens with zero attached hydrogens (tertiary/aromatic N) is 3. The van der Waals surface area contributed by atoms with E-state index in [1.807, 2.05) is 29.1 Å². The van der Waals surface area contributed by atoms with Crippen LogP contribution in [0.5, 0.6) is 5.75 Å². The minimum Gasteiger partial charge on any atom is -0.493 e. The Balaban J connectivity index is 1.41. The number of rotatable bonds is 4. The van der Waals surface area contributed by atoms with E-state index in [0.717, 1.165) is 42.5 Å². The predicted octanol–water partition coefficient (Wildman–Crippen LogP) is 3.11. The molecule has 2 fully saturated rings. The number of amides is 1. The molecule has 1 aromatic heterocycles. The Labute approximate surface area is 146 Å². The lowest BCUT2D eigenvalue weighted by molar-refractivity contribution is -0.0366. The highest BCUT2D eigenvalue weighted by Crippen LogP contribution is 2.28. The Morgan fingerprint density at radius 3 is 3.04 bits per heavy atom. The zero-order chi connectivity index (χ0) is 17.2. The standard InChI is InChI=1S/C18H23N3O4/c22-18(23)20-7-6-13(11-20)12-25-15-4-5-16-14(9-15)10-19-21(16)17-3-1-2-8-24-17/h4-5,9-10,13,17H,1-3,6-8,11-12H2,(H,22,23). The Bertz CT molecular complexity index is 754. The first-order valence-corrected chi connectivity index (χ1v) is 8.90. The third-order valence-electron chi connectivity index (χ3n) is 5.04. The summed E-state index contributed by atoms with van der Waals surface area (Å²) in [4.78, 5) is 12.4. The lowest BCUT2D eigenvalue weighted by Crippen LogP contribution is -2.27. The van der Waals surface area contributed by atoms with E-state index < -0.39 is 6.09 Å². The topological polar surface area (TPSA) is 76.8 Å². The van der Waals surface area contributed by atoms with Gasteiger partial charge in [0.15, 0.2) is 6.23 Å². The molecule has 1 amide bonds. The summed E-state index contributed by atoms with van der Waals surface area (Å²) >= 11 is 0. The van der Waals surface area contributed by atoms with Crippen molar-refractivity contribution in [2.24, 2.45) is 5.92 Å². The Hall–Kier alpha value is -2.28. The summed E-state index contributed by atoms with van der Waals surface area (Å²) < 4.78 is 13.7. The second kappa shape index (κ2) is 6.92. The molecule has 2 aromatic rings. The normalized spacial score (nSPS) is 23.9. The molecule has 7 heteroatoms. The monoisotopic (exact) mass is 345 g/mol. The number of aromatic nitrogens is 2. The molecule has 0 bridgehead atoms. The molecule has 0 aliphatic carbocycles. The van der Waals surface area contributed by atoms with E-state index in [-0.39, 0.29) is 12.1 Å². The molecule has 2 atom stereocenters. The molecule has 1 N–H and O–H groups in total. The van der Waals surface area contributed by atoms with Gasteiger partial charge < -0.3 is 19.5 Å². The lowest BCUT2D eigenvalue weighted by atomic mass is 10.1. The van der Waals surface area contributed by atoms with Crippen LogP contribution in [0.1, 0.15) is 31.9 Å². The summed E-state index contributed by atoms with van der Waals surface area (Å²) in [7, 11) is 0. The Morgan fingerprint density at radius 1 is 1.36 bits per heavy atom. The fourth-order valence-electron chi connectivity index (χ4n) is 3.62. The lowest BCUT2D eigenvalue weighted by Gasteiger charge is -2.23. The molecule has 0 spiro atoms. The molecule has 0 saturated carbocycles. The first-order valence-electron chi connectivity index (χ1n) is 8.90. The van der Waals surface area contributed by atoms with Crippen LogP contribution in [0.4, 0.5) is 4.79 Å². The summed E-state index contributed by atoms with van der Waals surface area (Å²) in [5, 5.41) is 14.5. The molecular formula is C18H23N3O4. The van der Waals surface area contributed by atoms with Gasteiger partial charge in [0.2, 0.25) is 0 Å². The highest BCUT2D eigenvalue weighted by atomic mass is 16.5. The van der Waals surface area contributed by atoms with Gasteiger partial charge in [-0.05, 0) is 43.9 Å². The van der Waals surface area contributed by atoms with Gasteiger partial charge in [-0.1, -0.05) is 0 Å². The molecule has 0 radical (unpaired) electrons. The van der Waals surface area contributed by atoms with Crippen LogP contribution >= 0.6 is 0 Å². The molecule has 4 rings (SSSR count). The molecule has 25 heavy (non-hydrogen) atoms. The van der Waals surface area contributed by atoms with Gasteiger partial charge in [-0.25, -0.2) is 9.48 Å². The fourth-order valence-corrected chi connectivity index (χ4v) is 3.62. The maximum absolute atomic E-state index is 11.0. The summed E-state index contributed by atoms with van der Waals surface area (Å²) in [5.74, 6) is 1.05. The quantitative estimate of drug-likeness (QED) is 0.921. The minimum atomic E-state index is -0.846. The third-order valence-corrected chi connectivity index (χ3v) is 5.04. The molecule has 2 unspecified atom stereocenters. The van der Waals surface area contributed by atoms with Gasteiger partial charge in [0.05, 0.1) is 18.3 Å². The van der Waals surface area contributed by atoms with Crippen molar-refractivity contribution in [1.82, 2.24) is 14.7 Å². The number of hydrogen-bond donors (Lipinski definition) is 1. The van der Waals surface area contributed by atoms with Crippen molar-refractivity contribution >= 4 is 17.0 Å². The first-order chi connectivity index (χ1) is 12.2. The smallest absolute Gasteiger partial charge is 0.407 e. The molecule has 134 valence electrons. The molecule has 3 heterocycles. The van der Waals surface area contributed by atoms with Crippen LogP contribution < -0.4 is 4.74 Å². The SMILES string of the molecule is O=C(O)N1CCC(COc2ccc3c(cnn3C3CCCCO3)c2)C1. The second-order valence-electron chi connectivity index (χ2n) is 6.83. The van der Waals surface area contributed by atoms with Crippen molar-refractivity contribution in [2.45, 2.75) is 31.9 Å². The number of ether oxygens (including phenoxy) is 2. The van der Waals surface area contributed by atoms with E-state index in [2.05, 4.69) is 5.10 Å². The van der Waals surface area contributed by atoms with Crippen molar-refractivity contribution < 1.29 is 19.4 Å². The van der Waals surface area contributed by atoms with Crippen LogP contribution in [0.2, 0.25) is 0 Å². The second-order valence-corrected chi connectivity index (χ2v) is 6.83. The van der Waals surface area contributed by atoms with Gasteiger partial charge >= 0.3 is 6.09 Å². The van der Waals surface area contributed by atoms with E-state index in [1.165, 1.54) is 11.3 Å². The van der Waals surface area contributed by atoms with Crippen LogP contribution in [0.3, 0.4) is 0 Å². The molecule has 2 saturated heterocycles. The number of carboxylic acid groups (broad SMARTS) is 1. The molecule has 2 aliphatic heterocycles. The summed E-state index contributed by atoms with van der Waals surface area (Å²) in [5.41, 5.74) is 1.05. The van der Waals surface area contributed by atoms with Crippen LogP contribution in [0.25, 0.3) is 10.9 Å². The highest BCUT2D eigenvalue weighted by molar-refractivity contribution is 5.80. The Morgan fingerprint density at radius 2 is 2.28 bits per heavy atom. The van der Waals surface area contributed by atoms with Gasteiger partial charge in [-0.2, -0.15) is 5.10 Å². The van der Waals surface area contributed by atoms with E-state index >= 15 is 0 Å². The largest absolute Gasteiger partial charge is 0.493 e. The number of carbonyl (C=O) groups is 1. The number of likely N-dealkylation sites (tertiary alicyclic amines) is 1. The Kier molecular flexibility index (Phi) is 4.48. The van der Waals surface area contributed by atoms with E-state index in [4.69, 9.17) is 14.6 Å². The average Bonchev–Trinajstić information content (AvgIpc) is 3.27. The highest BCUT2D eigenvalue weighted by Gasteiger charge is 2.26. The maximum Gasteiger partial charge on any atom is 0.407 e. The van der Waals surface area contributed by atoms with Crippen molar-refractivity contribution in [1.29, 1.82) is 0 Å². The predicted molar refractivity (Wildman–Crippen MR) is 91.8 cm³/mol. The van der Waals surface area contributed by atoms with Crippen LogP contribution in [0.15, 0.2) is 24.4 Å². The number of hydrogen-bond acceptors (Lipinski definition) is 4. The first kappa shape index (κ1) is 16.2. The van der Waals surface area contributed by atoms with Crippen molar-refractivity contribution in [3.8, 4) is 5.75 Å². The number of benzene rings is 1. The van der Waals surface area contributed by atoms with Crippen molar-refractivity contribution in [2.75, 3.05) is 26.3 Å². The minimum absolute atomic E-state index is 0.0264. The third kappa shape index (κ3) is 3.42. The summed E-state index contributed by atoms with van der Waals surface area (Å²) in [6.07, 6.45) is 5.17. The van der Waals surface area contributed by atoms with E-state index in [1.54, 1.807) is 0 Å². The zero-order valence-electron chi connectivity index (χ0n) is 14.1. The van der Waals surface area contributed by atoms with Gasteiger partial charge in [-0.3, -0.25) is 0 Å². The molecule has 1 aromatic carbocycles. The van der Waals surface area contributed by atoms with Gasteiger partial charge in [0.1, 0.15) is 5.75 Å². The van der Waals surface area contributed by atoms with Crippen molar-refractivity contribution in [3.05, 3.63) is 24.4 Å². The van der Waals surface area contributed by atoms with Gasteiger partial charge in [0, 0.05) is 31.0 Å². The summed E-state index contributed by atoms with van der Waals surface area (Å²) in [6.45, 7) is 2.47. The molecular weight excluding hydrogens is 322 g/mol. The zero-order valence-corrected chi connectivity index (χ0v) is 14.1. The van der Waals surface area contributed by atoms with Crippen molar-refractivity contribution in [3.63, 3.8) is 0 Å². The summed E-state index contributed by atoms with van der Waals surface area (Å²) in [6, 6.07) is 5.96. The van der Waals surface area contributed by atoms with Crippen LogP contribution in [0, 0.1) is 5.92 Å². The van der Waals surface area contributed by atoms with Gasteiger partial charge in [0.25, 0.3) is 0 Å². The maximum atomic E-state index is 11.0. The number of fused-ring (bicyclic) bond motifs is 1.